The van der Waals surface area contributed by atoms with Crippen LogP contribution < -0.4 is 16.2 Å². The molecule has 2 aromatic rings. The Balaban J connectivity index is 1.65. The zero-order valence-corrected chi connectivity index (χ0v) is 14.4. The van der Waals surface area contributed by atoms with Crippen LogP contribution in [0, 0.1) is 5.82 Å². The Labute approximate surface area is 150 Å². The van der Waals surface area contributed by atoms with E-state index in [-0.39, 0.29) is 18.1 Å². The molecular formula is C17H17ClFN3OS. The topological polar surface area (TPSA) is 53.2 Å². The number of hydrogen-bond acceptors (Lipinski definition) is 2. The van der Waals surface area contributed by atoms with Gasteiger partial charge in [0.1, 0.15) is 5.82 Å². The summed E-state index contributed by atoms with van der Waals surface area (Å²) in [5, 5.41) is 4.00. The molecule has 24 heavy (non-hydrogen) atoms. The van der Waals surface area contributed by atoms with E-state index < -0.39 is 0 Å². The number of amides is 1. The molecule has 0 aliphatic carbocycles. The fraction of sp³-hybridized carbons (Fsp3) is 0.176. The van der Waals surface area contributed by atoms with E-state index in [0.717, 1.165) is 12.0 Å². The lowest BCUT2D eigenvalue weighted by atomic mass is 10.1. The molecule has 0 aliphatic heterocycles. The molecule has 0 radical (unpaired) electrons. The molecule has 0 saturated carbocycles. The number of thiocarbonyl (C=S) groups is 1. The average Bonchev–Trinajstić information content (AvgIpc) is 2.55. The minimum Gasteiger partial charge on any atom is -0.361 e. The summed E-state index contributed by atoms with van der Waals surface area (Å²) in [6, 6.07) is 13.5. The maximum atomic E-state index is 13.0. The summed E-state index contributed by atoms with van der Waals surface area (Å²) in [5.41, 5.74) is 6.82. The third-order valence-electron chi connectivity index (χ3n) is 3.18. The van der Waals surface area contributed by atoms with Crippen LogP contribution in [0.3, 0.4) is 0 Å². The van der Waals surface area contributed by atoms with Crippen LogP contribution in [-0.4, -0.2) is 17.6 Å². The number of rotatable bonds is 5. The third-order valence-corrected chi connectivity index (χ3v) is 3.68. The molecule has 0 bridgehead atoms. The highest BCUT2D eigenvalue weighted by molar-refractivity contribution is 7.80. The molecule has 4 nitrogen and oxygen atoms in total. The largest absolute Gasteiger partial charge is 0.361 e. The molecule has 3 N–H and O–H groups in total. The molecule has 1 amide bonds. The Kier molecular flexibility index (Phi) is 6.96. The van der Waals surface area contributed by atoms with Gasteiger partial charge in [0.25, 0.3) is 0 Å². The first kappa shape index (κ1) is 18.2. The van der Waals surface area contributed by atoms with E-state index in [1.165, 1.54) is 12.1 Å². The van der Waals surface area contributed by atoms with E-state index in [2.05, 4.69) is 16.2 Å². The van der Waals surface area contributed by atoms with E-state index >= 15 is 0 Å². The molecule has 2 aromatic carbocycles. The fourth-order valence-electron chi connectivity index (χ4n) is 2.02. The molecule has 0 spiro atoms. The molecule has 0 aromatic heterocycles. The molecule has 0 heterocycles. The summed E-state index contributed by atoms with van der Waals surface area (Å²) in [6.45, 7) is 0.618. The predicted molar refractivity (Wildman–Crippen MR) is 97.1 cm³/mol. The molecular weight excluding hydrogens is 349 g/mol. The Morgan fingerprint density at radius 3 is 2.54 bits per heavy atom. The van der Waals surface area contributed by atoms with Gasteiger partial charge >= 0.3 is 0 Å². The molecule has 0 aliphatic rings. The van der Waals surface area contributed by atoms with Crippen molar-refractivity contribution < 1.29 is 9.18 Å². The molecule has 7 heteroatoms. The molecule has 0 fully saturated rings. The van der Waals surface area contributed by atoms with Gasteiger partial charge in [-0.15, -0.1) is 0 Å². The highest BCUT2D eigenvalue weighted by Gasteiger charge is 2.04. The van der Waals surface area contributed by atoms with Gasteiger partial charge in [0.05, 0.1) is 6.42 Å². The van der Waals surface area contributed by atoms with Crippen molar-refractivity contribution in [1.29, 1.82) is 0 Å². The van der Waals surface area contributed by atoms with Crippen molar-refractivity contribution in [2.24, 2.45) is 0 Å². The number of hydrogen-bond donors (Lipinski definition) is 3. The number of carbonyl (C=O) groups is 1. The Morgan fingerprint density at radius 1 is 1.08 bits per heavy atom. The monoisotopic (exact) mass is 365 g/mol. The minimum atomic E-state index is -0.368. The molecule has 0 saturated heterocycles. The lowest BCUT2D eigenvalue weighted by Gasteiger charge is -2.11. The summed E-state index contributed by atoms with van der Waals surface area (Å²) < 4.78 is 13.0. The maximum absolute atomic E-state index is 13.0. The van der Waals surface area contributed by atoms with Crippen molar-refractivity contribution in [1.82, 2.24) is 16.2 Å². The van der Waals surface area contributed by atoms with Crippen molar-refractivity contribution in [2.45, 2.75) is 12.8 Å². The van der Waals surface area contributed by atoms with Crippen LogP contribution in [0.1, 0.15) is 11.1 Å². The van der Waals surface area contributed by atoms with Gasteiger partial charge in [0.2, 0.25) is 5.91 Å². The first-order valence-corrected chi connectivity index (χ1v) is 8.13. The van der Waals surface area contributed by atoms with Gasteiger partial charge in [-0.1, -0.05) is 35.9 Å². The number of carbonyl (C=O) groups excluding carboxylic acids is 1. The van der Waals surface area contributed by atoms with Crippen molar-refractivity contribution in [2.75, 3.05) is 6.54 Å². The van der Waals surface area contributed by atoms with Gasteiger partial charge in [-0.2, -0.15) is 0 Å². The number of halogens is 2. The van der Waals surface area contributed by atoms with Crippen molar-refractivity contribution in [3.63, 3.8) is 0 Å². The lowest BCUT2D eigenvalue weighted by Crippen LogP contribution is -2.47. The van der Waals surface area contributed by atoms with E-state index in [1.54, 1.807) is 12.1 Å². The number of benzene rings is 2. The van der Waals surface area contributed by atoms with Crippen LogP contribution in [0.4, 0.5) is 4.39 Å². The molecule has 0 atom stereocenters. The predicted octanol–water partition coefficient (Wildman–Crippen LogP) is 2.76. The van der Waals surface area contributed by atoms with Crippen molar-refractivity contribution in [3.05, 3.63) is 70.5 Å². The van der Waals surface area contributed by atoms with Gasteiger partial charge in [0, 0.05) is 11.6 Å². The van der Waals surface area contributed by atoms with Gasteiger partial charge < -0.3 is 5.32 Å². The van der Waals surface area contributed by atoms with Crippen LogP contribution in [0.2, 0.25) is 5.02 Å². The highest BCUT2D eigenvalue weighted by Crippen LogP contribution is 2.09. The molecule has 126 valence electrons. The third kappa shape index (κ3) is 6.52. The number of hydrazine groups is 1. The van der Waals surface area contributed by atoms with Crippen LogP contribution in [0.15, 0.2) is 48.5 Å². The Bertz CT molecular complexity index is 709. The maximum Gasteiger partial charge on any atom is 0.242 e. The molecule has 2 rings (SSSR count). The molecule has 0 unspecified atom stereocenters. The van der Waals surface area contributed by atoms with Crippen molar-refractivity contribution in [3.8, 4) is 0 Å². The minimum absolute atomic E-state index is 0.0676. The van der Waals surface area contributed by atoms with Gasteiger partial charge in [-0.3, -0.25) is 15.6 Å². The second-order valence-corrected chi connectivity index (χ2v) is 5.96. The van der Waals surface area contributed by atoms with Crippen molar-refractivity contribution >= 4 is 34.8 Å². The SMILES string of the molecule is O=C(Cc1cccc(F)c1)NNC(=S)NCCc1ccc(Cl)cc1. The Hall–Kier alpha value is -2.18. The summed E-state index contributed by atoms with van der Waals surface area (Å²) in [6.07, 6.45) is 0.842. The summed E-state index contributed by atoms with van der Waals surface area (Å²) in [4.78, 5) is 11.8. The average molecular weight is 366 g/mol. The van der Waals surface area contributed by atoms with Crippen LogP contribution in [0.5, 0.6) is 0 Å². The van der Waals surface area contributed by atoms with E-state index in [9.17, 15) is 9.18 Å². The second kappa shape index (κ2) is 9.20. The fourth-order valence-corrected chi connectivity index (χ4v) is 2.30. The lowest BCUT2D eigenvalue weighted by molar-refractivity contribution is -0.121. The van der Waals surface area contributed by atoms with Gasteiger partial charge in [-0.25, -0.2) is 4.39 Å². The smallest absolute Gasteiger partial charge is 0.242 e. The summed E-state index contributed by atoms with van der Waals surface area (Å²) >= 11 is 10.9. The number of nitrogens with one attached hydrogen (secondary N) is 3. The zero-order valence-electron chi connectivity index (χ0n) is 12.8. The second-order valence-electron chi connectivity index (χ2n) is 5.11. The Morgan fingerprint density at radius 2 is 1.83 bits per heavy atom. The van der Waals surface area contributed by atoms with E-state index in [1.807, 2.05) is 24.3 Å². The first-order chi connectivity index (χ1) is 11.5. The highest BCUT2D eigenvalue weighted by atomic mass is 35.5. The zero-order chi connectivity index (χ0) is 17.4. The van der Waals surface area contributed by atoms with E-state index in [4.69, 9.17) is 23.8 Å². The van der Waals surface area contributed by atoms with Crippen LogP contribution >= 0.6 is 23.8 Å². The summed E-state index contributed by atoms with van der Waals surface area (Å²) in [5.74, 6) is -0.671. The van der Waals surface area contributed by atoms with Gasteiger partial charge in [-0.05, 0) is 54.0 Å². The first-order valence-electron chi connectivity index (χ1n) is 7.34. The summed E-state index contributed by atoms with van der Waals surface area (Å²) in [7, 11) is 0. The van der Waals surface area contributed by atoms with Crippen LogP contribution in [-0.2, 0) is 17.6 Å². The normalized spacial score (nSPS) is 10.1. The standard InChI is InChI=1S/C17H17ClFN3OS/c18-14-6-4-12(5-7-14)8-9-20-17(24)22-21-16(23)11-13-2-1-3-15(19)10-13/h1-7,10H,8-9,11H2,(H,21,23)(H2,20,22,24). The van der Waals surface area contributed by atoms with Crippen LogP contribution in [0.25, 0.3) is 0 Å². The quantitative estimate of drug-likeness (QED) is 0.563. The van der Waals surface area contributed by atoms with E-state index in [0.29, 0.717) is 22.2 Å². The van der Waals surface area contributed by atoms with Gasteiger partial charge in [0.15, 0.2) is 5.11 Å².